The van der Waals surface area contributed by atoms with E-state index in [4.69, 9.17) is 0 Å². The van der Waals surface area contributed by atoms with E-state index in [0.717, 1.165) is 40.4 Å². The van der Waals surface area contributed by atoms with Crippen molar-refractivity contribution in [2.24, 2.45) is 0 Å². The van der Waals surface area contributed by atoms with Gasteiger partial charge in [0.1, 0.15) is 0 Å². The average molecular weight is 430 g/mol. The molecule has 0 atom stereocenters. The molecule has 0 saturated carbocycles. The Hall–Kier alpha value is -1.57. The van der Waals surface area contributed by atoms with Crippen molar-refractivity contribution in [3.63, 3.8) is 0 Å². The van der Waals surface area contributed by atoms with Gasteiger partial charge in [0.25, 0.3) is 0 Å². The van der Waals surface area contributed by atoms with Gasteiger partial charge in [-0.3, -0.25) is 4.79 Å². The van der Waals surface area contributed by atoms with E-state index in [1.807, 2.05) is 4.90 Å². The SMILES string of the molecule is O=C(CSc1nnc(SCc2cccc3ccccc23)s1)N1CCCCCC1. The number of carbonyl (C=O) groups is 1. The number of thioether (sulfide) groups is 2. The molecule has 1 aliphatic heterocycles. The van der Waals surface area contributed by atoms with E-state index in [9.17, 15) is 4.79 Å². The number of nitrogens with zero attached hydrogens (tertiary/aromatic N) is 3. The third kappa shape index (κ3) is 5.07. The van der Waals surface area contributed by atoms with Crippen molar-refractivity contribution < 1.29 is 4.79 Å². The van der Waals surface area contributed by atoms with E-state index in [1.165, 1.54) is 40.9 Å². The maximum atomic E-state index is 12.4. The van der Waals surface area contributed by atoms with Crippen LogP contribution in [0.4, 0.5) is 0 Å². The van der Waals surface area contributed by atoms with Crippen molar-refractivity contribution >= 4 is 51.5 Å². The standard InChI is InChI=1S/C21H23N3OS3/c25-19(24-12-5-1-2-6-13-24)15-27-21-23-22-20(28-21)26-14-17-10-7-9-16-8-3-4-11-18(16)17/h3-4,7-11H,1-2,5-6,12-15H2. The van der Waals surface area contributed by atoms with Crippen LogP contribution in [0, 0.1) is 0 Å². The molecule has 0 unspecified atom stereocenters. The van der Waals surface area contributed by atoms with Gasteiger partial charge in [-0.1, -0.05) is 90.2 Å². The van der Waals surface area contributed by atoms with Gasteiger partial charge in [0.2, 0.25) is 5.91 Å². The van der Waals surface area contributed by atoms with Crippen LogP contribution >= 0.6 is 34.9 Å². The molecule has 1 aliphatic rings. The van der Waals surface area contributed by atoms with Gasteiger partial charge >= 0.3 is 0 Å². The fourth-order valence-corrected chi connectivity index (χ4v) is 6.33. The number of fused-ring (bicyclic) bond motifs is 1. The van der Waals surface area contributed by atoms with Crippen molar-refractivity contribution in [2.75, 3.05) is 18.8 Å². The Morgan fingerprint density at radius 1 is 0.929 bits per heavy atom. The van der Waals surface area contributed by atoms with Crippen molar-refractivity contribution in [1.29, 1.82) is 0 Å². The van der Waals surface area contributed by atoms with Gasteiger partial charge in [-0.15, -0.1) is 10.2 Å². The predicted octanol–water partition coefficient (Wildman–Crippen LogP) is 5.48. The molecule has 1 saturated heterocycles. The van der Waals surface area contributed by atoms with Crippen LogP contribution < -0.4 is 0 Å². The second kappa shape index (κ2) is 9.76. The van der Waals surface area contributed by atoms with Crippen LogP contribution in [0.2, 0.25) is 0 Å². The summed E-state index contributed by atoms with van der Waals surface area (Å²) in [5, 5.41) is 11.1. The lowest BCUT2D eigenvalue weighted by Crippen LogP contribution is -2.33. The number of aromatic nitrogens is 2. The molecule has 7 heteroatoms. The normalized spacial score (nSPS) is 14.9. The number of amides is 1. The molecule has 4 rings (SSSR count). The summed E-state index contributed by atoms with van der Waals surface area (Å²) in [5.74, 6) is 1.56. The van der Waals surface area contributed by atoms with Gasteiger partial charge in [-0.25, -0.2) is 0 Å². The van der Waals surface area contributed by atoms with Gasteiger partial charge in [-0.2, -0.15) is 0 Å². The number of carbonyl (C=O) groups excluding carboxylic acids is 1. The van der Waals surface area contributed by atoms with Crippen LogP contribution in [-0.2, 0) is 10.5 Å². The Kier molecular flexibility index (Phi) is 6.88. The first kappa shape index (κ1) is 19.7. The van der Waals surface area contributed by atoms with E-state index < -0.39 is 0 Å². The Balaban J connectivity index is 1.31. The summed E-state index contributed by atoms with van der Waals surface area (Å²) >= 11 is 4.81. The minimum absolute atomic E-state index is 0.229. The molecule has 4 nitrogen and oxygen atoms in total. The summed E-state index contributed by atoms with van der Waals surface area (Å²) in [6.45, 7) is 1.81. The lowest BCUT2D eigenvalue weighted by Gasteiger charge is -2.19. The average Bonchev–Trinajstić information content (AvgIpc) is 3.01. The molecule has 146 valence electrons. The van der Waals surface area contributed by atoms with Crippen LogP contribution in [-0.4, -0.2) is 39.8 Å². The van der Waals surface area contributed by atoms with Crippen molar-refractivity contribution in [1.82, 2.24) is 15.1 Å². The first-order valence-electron chi connectivity index (χ1n) is 9.63. The Morgan fingerprint density at radius 3 is 2.46 bits per heavy atom. The zero-order valence-electron chi connectivity index (χ0n) is 15.7. The smallest absolute Gasteiger partial charge is 0.233 e. The fraction of sp³-hybridized carbons (Fsp3) is 0.381. The number of hydrogen-bond acceptors (Lipinski definition) is 6. The highest BCUT2D eigenvalue weighted by Crippen LogP contribution is 2.32. The predicted molar refractivity (Wildman–Crippen MR) is 119 cm³/mol. The summed E-state index contributed by atoms with van der Waals surface area (Å²) in [6.07, 6.45) is 4.74. The lowest BCUT2D eigenvalue weighted by atomic mass is 10.1. The molecule has 2 aromatic carbocycles. The molecule has 1 aromatic heterocycles. The van der Waals surface area contributed by atoms with Crippen molar-refractivity contribution in [3.05, 3.63) is 48.0 Å². The number of likely N-dealkylation sites (tertiary alicyclic amines) is 1. The monoisotopic (exact) mass is 429 g/mol. The highest BCUT2D eigenvalue weighted by Gasteiger charge is 2.16. The van der Waals surface area contributed by atoms with E-state index in [2.05, 4.69) is 52.7 Å². The summed E-state index contributed by atoms with van der Waals surface area (Å²) in [4.78, 5) is 14.4. The van der Waals surface area contributed by atoms with Gasteiger partial charge in [0.05, 0.1) is 5.75 Å². The van der Waals surface area contributed by atoms with Gasteiger partial charge in [0, 0.05) is 18.8 Å². The quantitative estimate of drug-likeness (QED) is 0.486. The molecule has 2 heterocycles. The molecule has 3 aromatic rings. The van der Waals surface area contributed by atoms with E-state index in [-0.39, 0.29) is 5.91 Å². The van der Waals surface area contributed by atoms with Crippen LogP contribution in [0.15, 0.2) is 51.1 Å². The summed E-state index contributed by atoms with van der Waals surface area (Å²) in [7, 11) is 0. The molecule has 1 fully saturated rings. The zero-order valence-corrected chi connectivity index (χ0v) is 18.1. The fourth-order valence-electron chi connectivity index (χ4n) is 3.41. The first-order chi connectivity index (χ1) is 13.8. The highest BCUT2D eigenvalue weighted by atomic mass is 32.2. The largest absolute Gasteiger partial charge is 0.342 e. The Bertz CT molecular complexity index is 930. The van der Waals surface area contributed by atoms with Crippen LogP contribution in [0.1, 0.15) is 31.2 Å². The highest BCUT2D eigenvalue weighted by molar-refractivity contribution is 8.03. The molecule has 0 radical (unpaired) electrons. The molecule has 28 heavy (non-hydrogen) atoms. The van der Waals surface area contributed by atoms with Crippen molar-refractivity contribution in [3.8, 4) is 0 Å². The zero-order chi connectivity index (χ0) is 19.2. The van der Waals surface area contributed by atoms with Crippen LogP contribution in [0.25, 0.3) is 10.8 Å². The molecule has 0 N–H and O–H groups in total. The second-order valence-electron chi connectivity index (χ2n) is 6.84. The molecular weight excluding hydrogens is 406 g/mol. The van der Waals surface area contributed by atoms with Gasteiger partial charge < -0.3 is 4.90 Å². The van der Waals surface area contributed by atoms with Crippen molar-refractivity contribution in [2.45, 2.75) is 40.1 Å². The lowest BCUT2D eigenvalue weighted by molar-refractivity contribution is -0.128. The number of hydrogen-bond donors (Lipinski definition) is 0. The number of rotatable bonds is 6. The molecule has 0 bridgehead atoms. The maximum absolute atomic E-state index is 12.4. The maximum Gasteiger partial charge on any atom is 0.233 e. The minimum atomic E-state index is 0.229. The summed E-state index contributed by atoms with van der Waals surface area (Å²) < 4.78 is 1.83. The molecule has 1 amide bonds. The van der Waals surface area contributed by atoms with E-state index in [0.29, 0.717) is 5.75 Å². The third-order valence-electron chi connectivity index (χ3n) is 4.90. The van der Waals surface area contributed by atoms with Gasteiger partial charge in [-0.05, 0) is 29.2 Å². The van der Waals surface area contributed by atoms with Gasteiger partial charge in [0.15, 0.2) is 8.68 Å². The van der Waals surface area contributed by atoms with E-state index >= 15 is 0 Å². The summed E-state index contributed by atoms with van der Waals surface area (Å²) in [6, 6.07) is 14.9. The molecular formula is C21H23N3OS3. The Labute approximate surface area is 178 Å². The third-order valence-corrected chi connectivity index (χ3v) is 8.12. The minimum Gasteiger partial charge on any atom is -0.342 e. The van der Waals surface area contributed by atoms with Crippen LogP contribution in [0.5, 0.6) is 0 Å². The number of benzene rings is 2. The first-order valence-corrected chi connectivity index (χ1v) is 12.4. The summed E-state index contributed by atoms with van der Waals surface area (Å²) in [5.41, 5.74) is 1.31. The second-order valence-corrected chi connectivity index (χ2v) is 10.3. The molecule has 0 aliphatic carbocycles. The topological polar surface area (TPSA) is 46.1 Å². The Morgan fingerprint density at radius 2 is 1.64 bits per heavy atom. The van der Waals surface area contributed by atoms with Crippen LogP contribution in [0.3, 0.4) is 0 Å². The molecule has 0 spiro atoms. The van der Waals surface area contributed by atoms with E-state index in [1.54, 1.807) is 23.1 Å².